The summed E-state index contributed by atoms with van der Waals surface area (Å²) in [5.74, 6) is 4.64. The van der Waals surface area contributed by atoms with Crippen molar-refractivity contribution in [2.24, 2.45) is 16.5 Å². The molecule has 0 aliphatic heterocycles. The van der Waals surface area contributed by atoms with Crippen molar-refractivity contribution in [3.05, 3.63) is 76.1 Å². The lowest BCUT2D eigenvalue weighted by molar-refractivity contribution is 0.0690. The summed E-state index contributed by atoms with van der Waals surface area (Å²) >= 11 is 2.63. The SMILES string of the molecule is C/C(=C/C(=N)N(CCCCCN)c1nc(C(=O)O)c(CCCOc2ccc(C#CCN(C)C)cc2F)s1)C(N)=Nc1nc2ccccc2s1. The molecule has 0 fully saturated rings. The summed E-state index contributed by atoms with van der Waals surface area (Å²) in [5, 5.41) is 19.8. The summed E-state index contributed by atoms with van der Waals surface area (Å²) < 4.78 is 21.3. The second-order valence-corrected chi connectivity index (χ2v) is 13.5. The number of carbonyl (C=O) groups is 1. The number of carboxylic acid groups (broad SMARTS) is 1. The number of para-hydroxylation sites is 1. The monoisotopic (exact) mass is 704 g/mol. The molecule has 4 rings (SSSR count). The highest BCUT2D eigenvalue weighted by Crippen LogP contribution is 2.30. The van der Waals surface area contributed by atoms with Crippen molar-refractivity contribution in [1.29, 1.82) is 5.41 Å². The quantitative estimate of drug-likeness (QED) is 0.0469. The molecule has 11 nitrogen and oxygen atoms in total. The number of hydrogen-bond donors (Lipinski definition) is 4. The molecule has 0 atom stereocenters. The molecule has 258 valence electrons. The number of aromatic carboxylic acids is 1. The van der Waals surface area contributed by atoms with E-state index in [0.29, 0.717) is 58.8 Å². The molecular formula is C35H41FN8O3S2. The van der Waals surface area contributed by atoms with E-state index in [1.54, 1.807) is 30.0 Å². The van der Waals surface area contributed by atoms with Crippen LogP contribution in [-0.4, -0.2) is 78.0 Å². The van der Waals surface area contributed by atoms with Crippen molar-refractivity contribution in [3.8, 4) is 17.6 Å². The van der Waals surface area contributed by atoms with Crippen molar-refractivity contribution in [2.75, 3.05) is 45.2 Å². The van der Waals surface area contributed by atoms with Crippen LogP contribution >= 0.6 is 22.7 Å². The first kappa shape index (κ1) is 37.1. The second kappa shape index (κ2) is 18.2. The van der Waals surface area contributed by atoms with Gasteiger partial charge in [-0.3, -0.25) is 10.3 Å². The number of halogens is 1. The van der Waals surface area contributed by atoms with Crippen LogP contribution in [0, 0.1) is 23.1 Å². The molecule has 2 aromatic carbocycles. The van der Waals surface area contributed by atoms with Gasteiger partial charge in [-0.1, -0.05) is 41.7 Å². The van der Waals surface area contributed by atoms with E-state index >= 15 is 0 Å². The molecule has 0 saturated carbocycles. The van der Waals surface area contributed by atoms with E-state index < -0.39 is 11.8 Å². The van der Waals surface area contributed by atoms with Crippen molar-refractivity contribution in [3.63, 3.8) is 0 Å². The number of aliphatic imine (C=N–C) groups is 1. The van der Waals surface area contributed by atoms with Gasteiger partial charge in [0, 0.05) is 17.0 Å². The lowest BCUT2D eigenvalue weighted by atomic mass is 10.2. The number of aryl methyl sites for hydroxylation is 1. The van der Waals surface area contributed by atoms with Crippen LogP contribution in [0.5, 0.6) is 5.75 Å². The fourth-order valence-electron chi connectivity index (χ4n) is 4.57. The van der Waals surface area contributed by atoms with Crippen LogP contribution in [0.25, 0.3) is 10.2 Å². The van der Waals surface area contributed by atoms with Crippen molar-refractivity contribution >= 4 is 60.8 Å². The Labute approximate surface area is 293 Å². The van der Waals surface area contributed by atoms with E-state index in [9.17, 15) is 14.3 Å². The average Bonchev–Trinajstić information content (AvgIpc) is 3.67. The van der Waals surface area contributed by atoms with Crippen LogP contribution in [0.4, 0.5) is 14.7 Å². The van der Waals surface area contributed by atoms with Gasteiger partial charge in [0.15, 0.2) is 22.4 Å². The second-order valence-electron chi connectivity index (χ2n) is 11.4. The molecule has 0 aliphatic carbocycles. The maximum absolute atomic E-state index is 14.6. The molecule has 4 aromatic rings. The largest absolute Gasteiger partial charge is 0.491 e. The first-order valence-electron chi connectivity index (χ1n) is 15.8. The number of nitrogens with zero attached hydrogens (tertiary/aromatic N) is 5. The van der Waals surface area contributed by atoms with Gasteiger partial charge in [0.25, 0.3) is 0 Å². The topological polar surface area (TPSA) is 167 Å². The van der Waals surface area contributed by atoms with Crippen LogP contribution < -0.4 is 21.1 Å². The first-order valence-corrected chi connectivity index (χ1v) is 17.4. The Morgan fingerprint density at radius 2 is 1.94 bits per heavy atom. The van der Waals surface area contributed by atoms with Gasteiger partial charge in [0.2, 0.25) is 5.13 Å². The van der Waals surface area contributed by atoms with Gasteiger partial charge in [0.05, 0.1) is 23.4 Å². The van der Waals surface area contributed by atoms with Gasteiger partial charge < -0.3 is 26.2 Å². The number of carboxylic acids is 1. The Bertz CT molecular complexity index is 1860. The highest BCUT2D eigenvalue weighted by molar-refractivity contribution is 7.22. The van der Waals surface area contributed by atoms with Gasteiger partial charge in [-0.15, -0.1) is 11.3 Å². The van der Waals surface area contributed by atoms with Crippen LogP contribution in [0.2, 0.25) is 0 Å². The van der Waals surface area contributed by atoms with Gasteiger partial charge in [-0.05, 0) is 95.2 Å². The number of anilines is 1. The number of amidine groups is 2. The molecule has 0 unspecified atom stereocenters. The predicted molar refractivity (Wildman–Crippen MR) is 197 cm³/mol. The molecule has 0 amide bonds. The zero-order chi connectivity index (χ0) is 35.3. The van der Waals surface area contributed by atoms with Crippen molar-refractivity contribution in [2.45, 2.75) is 39.0 Å². The molecule has 14 heteroatoms. The highest BCUT2D eigenvalue weighted by Gasteiger charge is 2.23. The smallest absolute Gasteiger partial charge is 0.355 e. The van der Waals surface area contributed by atoms with Gasteiger partial charge >= 0.3 is 5.97 Å². The van der Waals surface area contributed by atoms with Crippen molar-refractivity contribution < 1.29 is 19.0 Å². The van der Waals surface area contributed by atoms with Crippen LogP contribution in [-0.2, 0) is 6.42 Å². The summed E-state index contributed by atoms with van der Waals surface area (Å²) in [4.78, 5) is 29.7. The lowest BCUT2D eigenvalue weighted by Crippen LogP contribution is -2.31. The fraction of sp³-hybridized carbons (Fsp3) is 0.343. The van der Waals surface area contributed by atoms with Gasteiger partial charge in [-0.2, -0.15) is 0 Å². The summed E-state index contributed by atoms with van der Waals surface area (Å²) in [6, 6.07) is 12.3. The average molecular weight is 705 g/mol. The Hall–Kier alpha value is -4.68. The molecule has 0 radical (unpaired) electrons. The number of benzene rings is 2. The number of nitrogens with one attached hydrogen (secondary N) is 1. The number of hydrogen-bond acceptors (Lipinski definition) is 10. The molecule has 49 heavy (non-hydrogen) atoms. The van der Waals surface area contributed by atoms with Crippen LogP contribution in [0.15, 0.2) is 59.1 Å². The zero-order valence-corrected chi connectivity index (χ0v) is 29.5. The normalized spacial score (nSPS) is 11.9. The van der Waals surface area contributed by atoms with Gasteiger partial charge in [-0.25, -0.2) is 24.1 Å². The maximum atomic E-state index is 14.6. The minimum absolute atomic E-state index is 0.0794. The van der Waals surface area contributed by atoms with E-state index in [0.717, 1.165) is 29.5 Å². The van der Waals surface area contributed by atoms with E-state index in [1.807, 2.05) is 43.3 Å². The number of fused-ring (bicyclic) bond motifs is 1. The minimum atomic E-state index is -1.16. The van der Waals surface area contributed by atoms with Crippen molar-refractivity contribution in [1.82, 2.24) is 14.9 Å². The third-order valence-corrected chi connectivity index (χ3v) is 9.19. The molecular weight excluding hydrogens is 664 g/mol. The highest BCUT2D eigenvalue weighted by atomic mass is 32.1. The van der Waals surface area contributed by atoms with E-state index in [-0.39, 0.29) is 29.7 Å². The third kappa shape index (κ3) is 10.9. The maximum Gasteiger partial charge on any atom is 0.355 e. The van der Waals surface area contributed by atoms with E-state index in [1.165, 1.54) is 28.7 Å². The summed E-state index contributed by atoms with van der Waals surface area (Å²) in [7, 11) is 3.81. The molecule has 0 saturated heterocycles. The van der Waals surface area contributed by atoms with Gasteiger partial charge in [0.1, 0.15) is 11.7 Å². The zero-order valence-electron chi connectivity index (χ0n) is 27.8. The lowest BCUT2D eigenvalue weighted by Gasteiger charge is -2.21. The number of thiazole rings is 2. The number of aromatic nitrogens is 2. The number of rotatable bonds is 16. The Balaban J connectivity index is 1.46. The summed E-state index contributed by atoms with van der Waals surface area (Å²) in [6.45, 7) is 3.49. The molecule has 0 bridgehead atoms. The summed E-state index contributed by atoms with van der Waals surface area (Å²) in [5.41, 5.74) is 13.9. The molecule has 0 spiro atoms. The molecule has 6 N–H and O–H groups in total. The number of nitrogens with two attached hydrogens (primary N) is 2. The van der Waals surface area contributed by atoms with Crippen LogP contribution in [0.1, 0.15) is 53.5 Å². The summed E-state index contributed by atoms with van der Waals surface area (Å²) in [6.07, 6.45) is 4.76. The number of unbranched alkanes of at least 4 members (excludes halogenated alkanes) is 2. The molecule has 0 aliphatic rings. The Morgan fingerprint density at radius 3 is 2.65 bits per heavy atom. The standard InChI is InChI=1S/C35H41FN8O3S2/c1-23(32(39)42-34-40-26-12-5-6-13-28(26)48-34)21-30(38)44(19-8-4-7-17-37)35-41-31(33(45)46)29(49-35)14-10-20-47-27-16-15-24(22-25(27)36)11-9-18-43(2)3/h5-6,12-13,15-16,21-22,38H,4,7-8,10,14,17-20,37H2,1-3H3,(H,45,46)(H2,39,40,42)/b23-21-,38-30?. The van der Waals surface area contributed by atoms with E-state index in [4.69, 9.17) is 21.6 Å². The molecule has 2 aromatic heterocycles. The third-order valence-electron chi connectivity index (χ3n) is 7.12. The predicted octanol–water partition coefficient (Wildman–Crippen LogP) is 6.06. The van der Waals surface area contributed by atoms with Crippen LogP contribution in [0.3, 0.4) is 0 Å². The first-order chi connectivity index (χ1) is 23.5. The minimum Gasteiger partial charge on any atom is -0.491 e. The number of ether oxygens (including phenoxy) is 1. The fourth-order valence-corrected chi connectivity index (χ4v) is 6.55. The molecule has 2 heterocycles. The van der Waals surface area contributed by atoms with E-state index in [2.05, 4.69) is 26.8 Å². The Kier molecular flexibility index (Phi) is 13.8. The Morgan fingerprint density at radius 1 is 1.14 bits per heavy atom.